The summed E-state index contributed by atoms with van der Waals surface area (Å²) in [6.07, 6.45) is 0. The number of rotatable bonds is 3. The Morgan fingerprint density at radius 1 is 1.25 bits per heavy atom. The van der Waals surface area contributed by atoms with Crippen molar-refractivity contribution in [3.05, 3.63) is 57.0 Å². The van der Waals surface area contributed by atoms with Gasteiger partial charge in [0.1, 0.15) is 11.5 Å². The summed E-state index contributed by atoms with van der Waals surface area (Å²) in [5, 5.41) is 13.5. The van der Waals surface area contributed by atoms with Crippen molar-refractivity contribution in [2.24, 2.45) is 0 Å². The summed E-state index contributed by atoms with van der Waals surface area (Å²) in [5.74, 6) is 0.807. The lowest BCUT2D eigenvalue weighted by molar-refractivity contribution is -0.385. The lowest BCUT2D eigenvalue weighted by atomic mass is 10.1. The highest BCUT2D eigenvalue weighted by molar-refractivity contribution is 6.05. The second-order valence-electron chi connectivity index (χ2n) is 4.54. The van der Waals surface area contributed by atoms with Gasteiger partial charge in [-0.1, -0.05) is 6.07 Å². The van der Waals surface area contributed by atoms with Crippen LogP contribution in [-0.2, 0) is 0 Å². The topological polar surface area (TPSA) is 85.4 Å². The molecule has 1 aromatic heterocycles. The van der Waals surface area contributed by atoms with Crippen molar-refractivity contribution in [1.29, 1.82) is 0 Å². The lowest BCUT2D eigenvalue weighted by Crippen LogP contribution is -2.12. The molecule has 0 spiro atoms. The fourth-order valence-corrected chi connectivity index (χ4v) is 1.94. The summed E-state index contributed by atoms with van der Waals surface area (Å²) >= 11 is 0. The van der Waals surface area contributed by atoms with E-state index in [1.54, 1.807) is 39.0 Å². The second-order valence-corrected chi connectivity index (χ2v) is 4.54. The van der Waals surface area contributed by atoms with E-state index < -0.39 is 4.92 Å². The summed E-state index contributed by atoms with van der Waals surface area (Å²) < 4.78 is 5.29. The number of nitrogens with zero attached hydrogens (tertiary/aromatic N) is 1. The van der Waals surface area contributed by atoms with Gasteiger partial charge in [0.25, 0.3) is 11.6 Å². The molecular formula is C14H14N2O4. The highest BCUT2D eigenvalue weighted by Gasteiger charge is 2.16. The minimum absolute atomic E-state index is 0.0251. The minimum atomic E-state index is -0.474. The Hall–Kier alpha value is -2.63. The van der Waals surface area contributed by atoms with E-state index in [1.807, 2.05) is 0 Å². The number of furan rings is 1. The van der Waals surface area contributed by atoms with E-state index >= 15 is 0 Å². The quantitative estimate of drug-likeness (QED) is 0.686. The van der Waals surface area contributed by atoms with Crippen LogP contribution < -0.4 is 5.32 Å². The van der Waals surface area contributed by atoms with E-state index in [0.29, 0.717) is 28.3 Å². The van der Waals surface area contributed by atoms with Crippen LogP contribution in [0.5, 0.6) is 0 Å². The van der Waals surface area contributed by atoms with Gasteiger partial charge in [0.15, 0.2) is 0 Å². The van der Waals surface area contributed by atoms with E-state index in [9.17, 15) is 14.9 Å². The maximum Gasteiger partial charge on any atom is 0.274 e. The van der Waals surface area contributed by atoms with Gasteiger partial charge in [-0.2, -0.15) is 0 Å². The first kappa shape index (κ1) is 13.8. The molecule has 6 nitrogen and oxygen atoms in total. The van der Waals surface area contributed by atoms with Crippen LogP contribution in [-0.4, -0.2) is 10.8 Å². The van der Waals surface area contributed by atoms with Crippen molar-refractivity contribution >= 4 is 17.3 Å². The van der Waals surface area contributed by atoms with E-state index in [0.717, 1.165) is 0 Å². The van der Waals surface area contributed by atoms with Gasteiger partial charge in [-0.25, -0.2) is 0 Å². The number of aryl methyl sites for hydroxylation is 3. The normalized spacial score (nSPS) is 10.3. The van der Waals surface area contributed by atoms with Crippen molar-refractivity contribution in [2.45, 2.75) is 20.8 Å². The molecule has 104 valence electrons. The first-order chi connectivity index (χ1) is 9.38. The SMILES string of the molecule is Cc1cc(C(=O)Nc2ccc(C)c([N+](=O)[O-])c2)c(C)o1. The van der Waals surface area contributed by atoms with Gasteiger partial charge in [0, 0.05) is 17.3 Å². The fraction of sp³-hybridized carbons (Fsp3) is 0.214. The Morgan fingerprint density at radius 3 is 2.50 bits per heavy atom. The van der Waals surface area contributed by atoms with Crippen LogP contribution in [0.2, 0.25) is 0 Å². The molecule has 0 aliphatic heterocycles. The molecule has 0 bridgehead atoms. The number of benzene rings is 1. The van der Waals surface area contributed by atoms with Crippen molar-refractivity contribution in [2.75, 3.05) is 5.32 Å². The molecule has 0 saturated heterocycles. The Morgan fingerprint density at radius 2 is 1.95 bits per heavy atom. The molecule has 1 aromatic carbocycles. The molecule has 0 radical (unpaired) electrons. The summed E-state index contributed by atoms with van der Waals surface area (Å²) in [7, 11) is 0. The van der Waals surface area contributed by atoms with Crippen LogP contribution in [0.3, 0.4) is 0 Å². The Kier molecular flexibility index (Phi) is 3.56. The molecule has 0 fully saturated rings. The average Bonchev–Trinajstić information content (AvgIpc) is 2.70. The van der Waals surface area contributed by atoms with Crippen molar-refractivity contribution in [1.82, 2.24) is 0 Å². The Balaban J connectivity index is 2.26. The number of amides is 1. The first-order valence-electron chi connectivity index (χ1n) is 6.02. The third-order valence-electron chi connectivity index (χ3n) is 2.95. The number of nitro benzene ring substituents is 1. The second kappa shape index (κ2) is 5.16. The van der Waals surface area contributed by atoms with E-state index in [1.165, 1.54) is 6.07 Å². The molecule has 1 amide bonds. The van der Waals surface area contributed by atoms with E-state index in [-0.39, 0.29) is 11.6 Å². The predicted molar refractivity (Wildman–Crippen MR) is 74.0 cm³/mol. The standard InChI is InChI=1S/C14H14N2O4/c1-8-4-5-11(7-13(8)16(18)19)15-14(17)12-6-9(2)20-10(12)3/h4-7H,1-3H3,(H,15,17). The summed E-state index contributed by atoms with van der Waals surface area (Å²) in [5.41, 5.74) is 1.32. The number of carbonyl (C=O) groups is 1. The maximum absolute atomic E-state index is 12.1. The number of hydrogen-bond donors (Lipinski definition) is 1. The smallest absolute Gasteiger partial charge is 0.274 e. The molecule has 0 aliphatic rings. The van der Waals surface area contributed by atoms with Gasteiger partial charge in [-0.05, 0) is 32.9 Å². The van der Waals surface area contributed by atoms with Gasteiger partial charge in [-0.3, -0.25) is 14.9 Å². The molecule has 2 rings (SSSR count). The van der Waals surface area contributed by atoms with Crippen molar-refractivity contribution in [3.63, 3.8) is 0 Å². The Labute approximate surface area is 115 Å². The van der Waals surface area contributed by atoms with Crippen molar-refractivity contribution in [3.8, 4) is 0 Å². The highest BCUT2D eigenvalue weighted by atomic mass is 16.6. The van der Waals surface area contributed by atoms with Crippen LogP contribution >= 0.6 is 0 Å². The first-order valence-corrected chi connectivity index (χ1v) is 6.02. The number of hydrogen-bond acceptors (Lipinski definition) is 4. The van der Waals surface area contributed by atoms with Gasteiger partial charge in [0.05, 0.1) is 10.5 Å². The van der Waals surface area contributed by atoms with E-state index in [2.05, 4.69) is 5.32 Å². The van der Waals surface area contributed by atoms with E-state index in [4.69, 9.17) is 4.42 Å². The molecule has 2 aromatic rings. The predicted octanol–water partition coefficient (Wildman–Crippen LogP) is 3.37. The third kappa shape index (κ3) is 2.69. The molecule has 1 N–H and O–H groups in total. The average molecular weight is 274 g/mol. The lowest BCUT2D eigenvalue weighted by Gasteiger charge is -2.05. The largest absolute Gasteiger partial charge is 0.466 e. The number of anilines is 1. The van der Waals surface area contributed by atoms with Crippen LogP contribution in [0.25, 0.3) is 0 Å². The molecule has 0 unspecified atom stereocenters. The zero-order valence-electron chi connectivity index (χ0n) is 11.4. The molecule has 1 heterocycles. The van der Waals surface area contributed by atoms with Crippen LogP contribution in [0, 0.1) is 30.9 Å². The molecule has 0 atom stereocenters. The van der Waals surface area contributed by atoms with Crippen LogP contribution in [0.4, 0.5) is 11.4 Å². The van der Waals surface area contributed by atoms with Crippen LogP contribution in [0.15, 0.2) is 28.7 Å². The summed E-state index contributed by atoms with van der Waals surface area (Å²) in [4.78, 5) is 22.5. The molecule has 20 heavy (non-hydrogen) atoms. The summed E-state index contributed by atoms with van der Waals surface area (Å²) in [6.45, 7) is 5.09. The zero-order chi connectivity index (χ0) is 14.9. The highest BCUT2D eigenvalue weighted by Crippen LogP contribution is 2.23. The van der Waals surface area contributed by atoms with Gasteiger partial charge in [0.2, 0.25) is 0 Å². The number of nitrogens with one attached hydrogen (secondary N) is 1. The third-order valence-corrected chi connectivity index (χ3v) is 2.95. The Bertz CT molecular complexity index is 688. The monoisotopic (exact) mass is 274 g/mol. The van der Waals surface area contributed by atoms with Gasteiger partial charge < -0.3 is 9.73 Å². The molecule has 0 saturated carbocycles. The molecular weight excluding hydrogens is 260 g/mol. The minimum Gasteiger partial charge on any atom is -0.466 e. The zero-order valence-corrected chi connectivity index (χ0v) is 11.4. The number of nitro groups is 1. The van der Waals surface area contributed by atoms with Gasteiger partial charge >= 0.3 is 0 Å². The van der Waals surface area contributed by atoms with Crippen LogP contribution in [0.1, 0.15) is 27.4 Å². The fourth-order valence-electron chi connectivity index (χ4n) is 1.94. The molecule has 0 aliphatic carbocycles. The van der Waals surface area contributed by atoms with Gasteiger partial charge in [-0.15, -0.1) is 0 Å². The maximum atomic E-state index is 12.1. The van der Waals surface area contributed by atoms with Crippen molar-refractivity contribution < 1.29 is 14.1 Å². The molecule has 6 heteroatoms. The number of carbonyl (C=O) groups excluding carboxylic acids is 1. The summed E-state index contributed by atoms with van der Waals surface area (Å²) in [6, 6.07) is 6.20.